The van der Waals surface area contributed by atoms with Crippen LogP contribution in [0.15, 0.2) is 34.2 Å². The van der Waals surface area contributed by atoms with E-state index in [-0.39, 0.29) is 18.1 Å². The Balaban J connectivity index is 1.74. The van der Waals surface area contributed by atoms with Crippen molar-refractivity contribution >= 4 is 28.9 Å². The first-order valence-corrected chi connectivity index (χ1v) is 8.32. The van der Waals surface area contributed by atoms with Crippen LogP contribution in [0.5, 0.6) is 0 Å². The van der Waals surface area contributed by atoms with Crippen LogP contribution in [0.25, 0.3) is 6.08 Å². The van der Waals surface area contributed by atoms with Gasteiger partial charge in [0.05, 0.1) is 17.1 Å². The molecule has 0 radical (unpaired) electrons. The first-order chi connectivity index (χ1) is 10.5. The lowest BCUT2D eigenvalue weighted by molar-refractivity contribution is -0.113. The van der Waals surface area contributed by atoms with Gasteiger partial charge in [-0.15, -0.1) is 0 Å². The number of aliphatic imine (C=N–C) groups is 1. The number of benzene rings is 1. The summed E-state index contributed by atoms with van der Waals surface area (Å²) in [5.74, 6) is -0.146. The highest BCUT2D eigenvalue weighted by Crippen LogP contribution is 2.31. The number of ether oxygens (including phenoxy) is 1. The van der Waals surface area contributed by atoms with Crippen molar-refractivity contribution < 1.29 is 9.53 Å². The molecule has 1 amide bonds. The smallest absolute Gasteiger partial charge is 0.286 e. The summed E-state index contributed by atoms with van der Waals surface area (Å²) in [6, 6.07) is 8.13. The van der Waals surface area contributed by atoms with Crippen molar-refractivity contribution in [3.05, 3.63) is 40.3 Å². The number of carbonyl (C=O) groups is 1. The van der Waals surface area contributed by atoms with Gasteiger partial charge in [-0.05, 0) is 44.2 Å². The molecule has 22 heavy (non-hydrogen) atoms. The largest absolute Gasteiger partial charge is 0.372 e. The van der Waals surface area contributed by atoms with Gasteiger partial charge in [0.25, 0.3) is 5.91 Å². The maximum absolute atomic E-state index is 12.1. The Hall–Kier alpha value is -1.59. The molecule has 2 atom stereocenters. The number of amidine groups is 1. The predicted molar refractivity (Wildman–Crippen MR) is 90.8 cm³/mol. The summed E-state index contributed by atoms with van der Waals surface area (Å²) in [6.45, 7) is 7.71. The number of carbonyl (C=O) groups excluding carboxylic acids is 1. The molecular weight excluding hydrogens is 296 g/mol. The SMILES string of the molecule is Cc1ccc(/C=C2/SC(N3C[C@@H](C)O[C@@H](C)C3)=NC2=O)cc1. The molecule has 1 fully saturated rings. The molecule has 5 heteroatoms. The number of morpholine rings is 1. The minimum Gasteiger partial charge on any atom is -0.372 e. The van der Waals surface area contributed by atoms with E-state index in [1.54, 1.807) is 0 Å². The van der Waals surface area contributed by atoms with Crippen molar-refractivity contribution in [3.63, 3.8) is 0 Å². The van der Waals surface area contributed by atoms with E-state index < -0.39 is 0 Å². The molecule has 1 aromatic rings. The number of rotatable bonds is 1. The fourth-order valence-electron chi connectivity index (χ4n) is 2.68. The minimum absolute atomic E-state index is 0.146. The van der Waals surface area contributed by atoms with Gasteiger partial charge in [-0.3, -0.25) is 4.79 Å². The van der Waals surface area contributed by atoms with Crippen LogP contribution in [-0.4, -0.2) is 41.3 Å². The number of hydrogen-bond acceptors (Lipinski definition) is 4. The second-order valence-corrected chi connectivity index (χ2v) is 6.89. The molecule has 2 aliphatic heterocycles. The first kappa shape index (κ1) is 15.3. The number of hydrogen-bond donors (Lipinski definition) is 0. The Morgan fingerprint density at radius 1 is 1.23 bits per heavy atom. The molecule has 4 nitrogen and oxygen atoms in total. The highest BCUT2D eigenvalue weighted by Gasteiger charge is 2.30. The van der Waals surface area contributed by atoms with Crippen LogP contribution in [0.3, 0.4) is 0 Å². The molecule has 2 aliphatic rings. The fraction of sp³-hybridized carbons (Fsp3) is 0.412. The fourth-order valence-corrected chi connectivity index (χ4v) is 3.61. The van der Waals surface area contributed by atoms with E-state index in [4.69, 9.17) is 4.74 Å². The average molecular weight is 316 g/mol. The summed E-state index contributed by atoms with van der Waals surface area (Å²) >= 11 is 1.46. The molecule has 3 rings (SSSR count). The van der Waals surface area contributed by atoms with Gasteiger partial charge in [0, 0.05) is 13.1 Å². The molecule has 1 aromatic carbocycles. The van der Waals surface area contributed by atoms with Crippen molar-refractivity contribution in [2.45, 2.75) is 33.0 Å². The van der Waals surface area contributed by atoms with Gasteiger partial charge < -0.3 is 9.64 Å². The third kappa shape index (κ3) is 3.42. The summed E-state index contributed by atoms with van der Waals surface area (Å²) in [5.41, 5.74) is 2.24. The molecule has 0 unspecified atom stereocenters. The molecule has 0 aromatic heterocycles. The second kappa shape index (κ2) is 6.26. The Morgan fingerprint density at radius 3 is 2.50 bits per heavy atom. The van der Waals surface area contributed by atoms with E-state index in [1.807, 2.05) is 51.1 Å². The zero-order valence-electron chi connectivity index (χ0n) is 13.1. The van der Waals surface area contributed by atoms with Gasteiger partial charge in [-0.25, -0.2) is 0 Å². The monoisotopic (exact) mass is 316 g/mol. The number of thioether (sulfide) groups is 1. The quantitative estimate of drug-likeness (QED) is 0.747. The summed E-state index contributed by atoms with van der Waals surface area (Å²) in [7, 11) is 0. The summed E-state index contributed by atoms with van der Waals surface area (Å²) in [5, 5.41) is 0.797. The average Bonchev–Trinajstić information content (AvgIpc) is 2.82. The second-order valence-electron chi connectivity index (χ2n) is 5.88. The van der Waals surface area contributed by atoms with Crippen molar-refractivity contribution in [2.24, 2.45) is 4.99 Å². The van der Waals surface area contributed by atoms with Gasteiger partial charge in [-0.1, -0.05) is 29.8 Å². The number of aryl methyl sites for hydroxylation is 1. The molecular formula is C17H20N2O2S. The van der Waals surface area contributed by atoms with Gasteiger partial charge in [0.1, 0.15) is 0 Å². The zero-order valence-corrected chi connectivity index (χ0v) is 13.9. The Bertz CT molecular complexity index is 627. The summed E-state index contributed by atoms with van der Waals surface area (Å²) in [6.07, 6.45) is 2.23. The van der Waals surface area contributed by atoms with Crippen molar-refractivity contribution in [2.75, 3.05) is 13.1 Å². The molecule has 116 valence electrons. The lowest BCUT2D eigenvalue weighted by atomic mass is 10.1. The first-order valence-electron chi connectivity index (χ1n) is 7.51. The number of amides is 1. The molecule has 2 heterocycles. The van der Waals surface area contributed by atoms with E-state index in [2.05, 4.69) is 9.89 Å². The van der Waals surface area contributed by atoms with Gasteiger partial charge in [-0.2, -0.15) is 4.99 Å². The molecule has 0 aliphatic carbocycles. The van der Waals surface area contributed by atoms with Crippen LogP contribution in [-0.2, 0) is 9.53 Å². The lowest BCUT2D eigenvalue weighted by Crippen LogP contribution is -2.47. The maximum atomic E-state index is 12.1. The minimum atomic E-state index is -0.146. The van der Waals surface area contributed by atoms with Crippen LogP contribution >= 0.6 is 11.8 Å². The van der Waals surface area contributed by atoms with Crippen LogP contribution in [0.2, 0.25) is 0 Å². The Labute approximate surface area is 135 Å². The van der Waals surface area contributed by atoms with E-state index in [9.17, 15) is 4.79 Å². The number of nitrogens with zero attached hydrogens (tertiary/aromatic N) is 2. The predicted octanol–water partition coefficient (Wildman–Crippen LogP) is 3.07. The van der Waals surface area contributed by atoms with Crippen molar-refractivity contribution in [1.29, 1.82) is 0 Å². The van der Waals surface area contributed by atoms with E-state index in [0.29, 0.717) is 4.91 Å². The zero-order chi connectivity index (χ0) is 15.7. The highest BCUT2D eigenvalue weighted by molar-refractivity contribution is 8.18. The molecule has 0 bridgehead atoms. The van der Waals surface area contributed by atoms with E-state index in [1.165, 1.54) is 17.3 Å². The lowest BCUT2D eigenvalue weighted by Gasteiger charge is -2.35. The third-order valence-corrected chi connectivity index (χ3v) is 4.72. The van der Waals surface area contributed by atoms with Crippen LogP contribution in [0.4, 0.5) is 0 Å². The van der Waals surface area contributed by atoms with Crippen LogP contribution < -0.4 is 0 Å². The van der Waals surface area contributed by atoms with Gasteiger partial charge >= 0.3 is 0 Å². The highest BCUT2D eigenvalue weighted by atomic mass is 32.2. The molecule has 0 saturated carbocycles. The van der Waals surface area contributed by atoms with Gasteiger partial charge in [0.2, 0.25) is 0 Å². The summed E-state index contributed by atoms with van der Waals surface area (Å²) in [4.78, 5) is 19.2. The van der Waals surface area contributed by atoms with Crippen molar-refractivity contribution in [1.82, 2.24) is 4.90 Å². The Kier molecular flexibility index (Phi) is 4.36. The maximum Gasteiger partial charge on any atom is 0.286 e. The Morgan fingerprint density at radius 2 is 1.86 bits per heavy atom. The normalized spacial score (nSPS) is 27.4. The van der Waals surface area contributed by atoms with Crippen LogP contribution in [0.1, 0.15) is 25.0 Å². The molecule has 1 saturated heterocycles. The van der Waals surface area contributed by atoms with Crippen LogP contribution in [0, 0.1) is 6.92 Å². The molecule has 0 N–H and O–H groups in total. The van der Waals surface area contributed by atoms with E-state index >= 15 is 0 Å². The van der Waals surface area contributed by atoms with Gasteiger partial charge in [0.15, 0.2) is 5.17 Å². The topological polar surface area (TPSA) is 41.9 Å². The molecule has 0 spiro atoms. The summed E-state index contributed by atoms with van der Waals surface area (Å²) < 4.78 is 5.73. The standard InChI is InChI=1S/C17H20N2O2S/c1-11-4-6-14(7-5-11)8-15-16(20)18-17(22-15)19-9-12(2)21-13(3)10-19/h4-8,12-13H,9-10H2,1-3H3/b15-8+/t12-,13+. The third-order valence-electron chi connectivity index (χ3n) is 3.67. The van der Waals surface area contributed by atoms with Crippen molar-refractivity contribution in [3.8, 4) is 0 Å². The van der Waals surface area contributed by atoms with E-state index in [0.717, 1.165) is 23.8 Å².